The topological polar surface area (TPSA) is 67.2 Å². The fourth-order valence-corrected chi connectivity index (χ4v) is 1.85. The van der Waals surface area contributed by atoms with Crippen molar-refractivity contribution in [3.05, 3.63) is 17.8 Å². The molecular formula is C11H16ClF2N3O2. The van der Waals surface area contributed by atoms with Gasteiger partial charge in [-0.15, -0.1) is 12.4 Å². The Morgan fingerprint density at radius 3 is 2.84 bits per heavy atom. The first-order valence-corrected chi connectivity index (χ1v) is 5.71. The van der Waals surface area contributed by atoms with Gasteiger partial charge in [0.1, 0.15) is 11.8 Å². The maximum Gasteiger partial charge on any atom is 0.262 e. The van der Waals surface area contributed by atoms with Crippen LogP contribution in [-0.4, -0.2) is 29.4 Å². The molecular weight excluding hydrogens is 280 g/mol. The predicted molar refractivity (Wildman–Crippen MR) is 66.4 cm³/mol. The number of carbonyl (C=O) groups is 1. The Kier molecular flexibility index (Phi) is 4.86. The lowest BCUT2D eigenvalue weighted by Gasteiger charge is -2.14. The van der Waals surface area contributed by atoms with Crippen molar-refractivity contribution in [2.24, 2.45) is 0 Å². The Labute approximate surface area is 115 Å². The third-order valence-corrected chi connectivity index (χ3v) is 2.79. The molecule has 19 heavy (non-hydrogen) atoms. The number of nitrogens with zero attached hydrogens (tertiary/aromatic N) is 1. The molecule has 1 amide bonds. The molecule has 1 aromatic rings. The molecule has 0 saturated carbocycles. The van der Waals surface area contributed by atoms with Crippen molar-refractivity contribution in [1.29, 1.82) is 0 Å². The molecule has 0 bridgehead atoms. The van der Waals surface area contributed by atoms with Crippen LogP contribution in [0.2, 0.25) is 0 Å². The molecule has 1 aromatic heterocycles. The number of aryl methyl sites for hydroxylation is 1. The number of hydrogen-bond acceptors (Lipinski definition) is 4. The number of halogens is 3. The molecule has 2 N–H and O–H groups in total. The first-order valence-electron chi connectivity index (χ1n) is 5.71. The Morgan fingerprint density at radius 1 is 1.68 bits per heavy atom. The van der Waals surface area contributed by atoms with Gasteiger partial charge in [-0.05, 0) is 13.8 Å². The SMILES string of the molecule is Cc1cnc(C(C)NC(=O)C2CC(F)(F)CN2)o1.Cl. The summed E-state index contributed by atoms with van der Waals surface area (Å²) in [5.41, 5.74) is 0. The molecule has 108 valence electrons. The van der Waals surface area contributed by atoms with Crippen LogP contribution in [0.25, 0.3) is 0 Å². The van der Waals surface area contributed by atoms with Gasteiger partial charge in [-0.25, -0.2) is 13.8 Å². The van der Waals surface area contributed by atoms with E-state index in [-0.39, 0.29) is 12.4 Å². The molecule has 0 spiro atoms. The molecule has 2 rings (SSSR count). The maximum absolute atomic E-state index is 12.9. The van der Waals surface area contributed by atoms with Gasteiger partial charge in [0.15, 0.2) is 0 Å². The Balaban J connectivity index is 0.00000180. The summed E-state index contributed by atoms with van der Waals surface area (Å²) in [7, 11) is 0. The van der Waals surface area contributed by atoms with E-state index in [1.54, 1.807) is 20.0 Å². The minimum atomic E-state index is -2.81. The van der Waals surface area contributed by atoms with E-state index in [0.29, 0.717) is 11.7 Å². The second kappa shape index (κ2) is 5.83. The number of amides is 1. The average Bonchev–Trinajstić information content (AvgIpc) is 2.84. The molecule has 2 atom stereocenters. The van der Waals surface area contributed by atoms with E-state index in [1.165, 1.54) is 0 Å². The van der Waals surface area contributed by atoms with Crippen molar-refractivity contribution < 1.29 is 18.0 Å². The normalized spacial score (nSPS) is 22.6. The zero-order valence-corrected chi connectivity index (χ0v) is 11.4. The van der Waals surface area contributed by atoms with Crippen molar-refractivity contribution in [2.45, 2.75) is 38.3 Å². The molecule has 8 heteroatoms. The fraction of sp³-hybridized carbons (Fsp3) is 0.636. The first-order chi connectivity index (χ1) is 8.37. The van der Waals surface area contributed by atoms with Crippen LogP contribution >= 0.6 is 12.4 Å². The summed E-state index contributed by atoms with van der Waals surface area (Å²) >= 11 is 0. The molecule has 1 saturated heterocycles. The van der Waals surface area contributed by atoms with Gasteiger partial charge < -0.3 is 9.73 Å². The second-order valence-corrected chi connectivity index (χ2v) is 4.53. The number of aromatic nitrogens is 1. The molecule has 0 aliphatic carbocycles. The van der Waals surface area contributed by atoms with Crippen molar-refractivity contribution in [3.63, 3.8) is 0 Å². The van der Waals surface area contributed by atoms with Crippen molar-refractivity contribution in [2.75, 3.05) is 6.54 Å². The van der Waals surface area contributed by atoms with Crippen molar-refractivity contribution >= 4 is 18.3 Å². The van der Waals surface area contributed by atoms with Gasteiger partial charge in [0, 0.05) is 6.42 Å². The minimum absolute atomic E-state index is 0. The Morgan fingerprint density at radius 2 is 2.37 bits per heavy atom. The van der Waals surface area contributed by atoms with Crippen LogP contribution in [0.5, 0.6) is 0 Å². The number of oxazole rings is 1. The van der Waals surface area contributed by atoms with Gasteiger partial charge in [-0.2, -0.15) is 0 Å². The zero-order chi connectivity index (χ0) is 13.3. The van der Waals surface area contributed by atoms with E-state index in [4.69, 9.17) is 4.42 Å². The predicted octanol–water partition coefficient (Wildman–Crippen LogP) is 1.58. The van der Waals surface area contributed by atoms with Gasteiger partial charge >= 0.3 is 0 Å². The summed E-state index contributed by atoms with van der Waals surface area (Å²) in [5, 5.41) is 5.09. The van der Waals surface area contributed by atoms with Crippen LogP contribution in [0.1, 0.15) is 31.0 Å². The molecule has 1 fully saturated rings. The largest absolute Gasteiger partial charge is 0.444 e. The maximum atomic E-state index is 12.9. The molecule has 0 aromatic carbocycles. The van der Waals surface area contributed by atoms with Gasteiger partial charge in [0.25, 0.3) is 5.92 Å². The number of alkyl halides is 2. The summed E-state index contributed by atoms with van der Waals surface area (Å²) in [6, 6.07) is -1.30. The Bertz CT molecular complexity index is 453. The monoisotopic (exact) mass is 295 g/mol. The fourth-order valence-electron chi connectivity index (χ4n) is 1.85. The summed E-state index contributed by atoms with van der Waals surface area (Å²) in [6.07, 6.45) is 1.07. The Hall–Kier alpha value is -1.21. The van der Waals surface area contributed by atoms with E-state index in [2.05, 4.69) is 15.6 Å². The van der Waals surface area contributed by atoms with E-state index in [1.807, 2.05) is 0 Å². The van der Waals surface area contributed by atoms with Crippen LogP contribution in [0, 0.1) is 6.92 Å². The van der Waals surface area contributed by atoms with Crippen molar-refractivity contribution in [1.82, 2.24) is 15.6 Å². The van der Waals surface area contributed by atoms with Crippen LogP contribution in [0.4, 0.5) is 8.78 Å². The molecule has 2 unspecified atom stereocenters. The quantitative estimate of drug-likeness (QED) is 0.888. The van der Waals surface area contributed by atoms with Gasteiger partial charge in [0.2, 0.25) is 11.8 Å². The summed E-state index contributed by atoms with van der Waals surface area (Å²) in [6.45, 7) is 2.97. The van der Waals surface area contributed by atoms with Gasteiger partial charge in [0.05, 0.1) is 18.8 Å². The third-order valence-electron chi connectivity index (χ3n) is 2.79. The molecule has 1 aliphatic rings. The standard InChI is InChI=1S/C11H15F2N3O2.ClH/c1-6-4-14-10(18-6)7(2)16-9(17)8-3-11(12,13)5-15-8;/h4,7-8,15H,3,5H2,1-2H3,(H,16,17);1H. The number of carbonyl (C=O) groups excluding carboxylic acids is 1. The lowest BCUT2D eigenvalue weighted by atomic mass is 10.1. The van der Waals surface area contributed by atoms with Crippen LogP contribution < -0.4 is 10.6 Å². The smallest absolute Gasteiger partial charge is 0.262 e. The molecule has 5 nitrogen and oxygen atoms in total. The molecule has 0 radical (unpaired) electrons. The lowest BCUT2D eigenvalue weighted by Crippen LogP contribution is -2.41. The van der Waals surface area contributed by atoms with Crippen LogP contribution in [0.3, 0.4) is 0 Å². The number of rotatable bonds is 3. The summed E-state index contributed by atoms with van der Waals surface area (Å²) < 4.78 is 31.1. The highest BCUT2D eigenvalue weighted by atomic mass is 35.5. The number of nitrogens with one attached hydrogen (secondary N) is 2. The van der Waals surface area contributed by atoms with Crippen LogP contribution in [0.15, 0.2) is 10.6 Å². The van der Waals surface area contributed by atoms with E-state index in [9.17, 15) is 13.6 Å². The summed E-state index contributed by atoms with van der Waals surface area (Å²) in [5.74, 6) is -2.28. The van der Waals surface area contributed by atoms with Crippen molar-refractivity contribution in [3.8, 4) is 0 Å². The average molecular weight is 296 g/mol. The highest BCUT2D eigenvalue weighted by molar-refractivity contribution is 5.85. The second-order valence-electron chi connectivity index (χ2n) is 4.53. The minimum Gasteiger partial charge on any atom is -0.444 e. The van der Waals surface area contributed by atoms with E-state index in [0.717, 1.165) is 0 Å². The number of hydrogen-bond donors (Lipinski definition) is 2. The van der Waals surface area contributed by atoms with E-state index < -0.39 is 36.9 Å². The first kappa shape index (κ1) is 15.8. The highest BCUT2D eigenvalue weighted by Crippen LogP contribution is 2.25. The van der Waals surface area contributed by atoms with Gasteiger partial charge in [-0.3, -0.25) is 10.1 Å². The van der Waals surface area contributed by atoms with E-state index >= 15 is 0 Å². The molecule has 2 heterocycles. The molecule has 1 aliphatic heterocycles. The highest BCUT2D eigenvalue weighted by Gasteiger charge is 2.42. The third kappa shape index (κ3) is 3.87. The summed E-state index contributed by atoms with van der Waals surface area (Å²) in [4.78, 5) is 15.7. The lowest BCUT2D eigenvalue weighted by molar-refractivity contribution is -0.124. The van der Waals surface area contributed by atoms with Gasteiger partial charge in [-0.1, -0.05) is 0 Å². The van der Waals surface area contributed by atoms with Crippen LogP contribution in [-0.2, 0) is 4.79 Å². The zero-order valence-electron chi connectivity index (χ0n) is 10.6.